The van der Waals surface area contributed by atoms with Gasteiger partial charge in [0.25, 0.3) is 0 Å². The highest BCUT2D eigenvalue weighted by Gasteiger charge is 2.30. The Kier molecular flexibility index (Phi) is 5.63. The number of rotatable bonds is 5. The molecule has 25 heavy (non-hydrogen) atoms. The summed E-state index contributed by atoms with van der Waals surface area (Å²) in [4.78, 5) is 2.41. The second-order valence-electron chi connectivity index (χ2n) is 6.52. The zero-order valence-corrected chi connectivity index (χ0v) is 14.1. The molecule has 2 aromatic rings. The molecule has 1 aliphatic rings. The van der Waals surface area contributed by atoms with Gasteiger partial charge in [-0.25, -0.2) is 0 Å². The molecule has 0 amide bonds. The molecule has 0 atom stereocenters. The van der Waals surface area contributed by atoms with Gasteiger partial charge in [0, 0.05) is 31.9 Å². The van der Waals surface area contributed by atoms with Crippen molar-refractivity contribution < 1.29 is 13.2 Å². The lowest BCUT2D eigenvalue weighted by molar-refractivity contribution is -0.137. The van der Waals surface area contributed by atoms with Crippen LogP contribution >= 0.6 is 0 Å². The van der Waals surface area contributed by atoms with Crippen LogP contribution in [0.15, 0.2) is 48.5 Å². The molecule has 5 heteroatoms. The van der Waals surface area contributed by atoms with Crippen LogP contribution in [0, 0.1) is 0 Å². The molecule has 134 valence electrons. The highest BCUT2D eigenvalue weighted by atomic mass is 19.4. The van der Waals surface area contributed by atoms with Gasteiger partial charge in [-0.3, -0.25) is 0 Å². The second kappa shape index (κ2) is 7.91. The Morgan fingerprint density at radius 1 is 0.840 bits per heavy atom. The predicted octanol–water partition coefficient (Wildman–Crippen LogP) is 4.99. The smallest absolute Gasteiger partial charge is 0.372 e. The number of benzene rings is 2. The molecule has 0 aliphatic carbocycles. The number of halogens is 3. The first-order chi connectivity index (χ1) is 12.0. The maximum Gasteiger partial charge on any atom is 0.416 e. The highest BCUT2D eigenvalue weighted by Crippen LogP contribution is 2.29. The Hall–Kier alpha value is -2.01. The normalized spacial score (nSPS) is 15.4. The third-order valence-corrected chi connectivity index (χ3v) is 4.57. The van der Waals surface area contributed by atoms with Gasteiger partial charge < -0.3 is 10.2 Å². The molecule has 0 aromatic heterocycles. The molecule has 2 aromatic carbocycles. The molecular weight excluding hydrogens is 325 g/mol. The number of alkyl halides is 3. The van der Waals surface area contributed by atoms with Crippen LogP contribution in [0.4, 0.5) is 18.9 Å². The summed E-state index contributed by atoms with van der Waals surface area (Å²) in [5.74, 6) is 0. The van der Waals surface area contributed by atoms with Gasteiger partial charge in [0.1, 0.15) is 0 Å². The molecule has 2 nitrogen and oxygen atoms in total. The van der Waals surface area contributed by atoms with Crippen molar-refractivity contribution in [2.75, 3.05) is 18.0 Å². The van der Waals surface area contributed by atoms with E-state index in [2.05, 4.69) is 34.5 Å². The zero-order valence-electron chi connectivity index (χ0n) is 14.1. The molecule has 0 radical (unpaired) electrons. The molecule has 0 saturated carbocycles. The summed E-state index contributed by atoms with van der Waals surface area (Å²) in [6, 6.07) is 13.9. The minimum Gasteiger partial charge on any atom is -0.372 e. The van der Waals surface area contributed by atoms with Crippen LogP contribution in [-0.2, 0) is 19.3 Å². The lowest BCUT2D eigenvalue weighted by Crippen LogP contribution is -2.29. The topological polar surface area (TPSA) is 15.3 Å². The van der Waals surface area contributed by atoms with Gasteiger partial charge in [0.05, 0.1) is 5.56 Å². The van der Waals surface area contributed by atoms with Gasteiger partial charge >= 0.3 is 6.18 Å². The molecular formula is C20H23F3N2. The fourth-order valence-corrected chi connectivity index (χ4v) is 3.19. The van der Waals surface area contributed by atoms with Crippen molar-refractivity contribution in [2.45, 2.75) is 38.5 Å². The first kappa shape index (κ1) is 17.8. The first-order valence-corrected chi connectivity index (χ1v) is 8.73. The highest BCUT2D eigenvalue weighted by molar-refractivity contribution is 5.47. The van der Waals surface area contributed by atoms with Crippen LogP contribution in [-0.4, -0.2) is 13.1 Å². The van der Waals surface area contributed by atoms with Crippen LogP contribution < -0.4 is 10.2 Å². The minimum atomic E-state index is -4.29. The van der Waals surface area contributed by atoms with E-state index in [1.165, 1.54) is 37.1 Å². The zero-order chi connectivity index (χ0) is 17.7. The van der Waals surface area contributed by atoms with Crippen molar-refractivity contribution in [2.24, 2.45) is 0 Å². The molecule has 1 heterocycles. The average molecular weight is 348 g/mol. The fourth-order valence-electron chi connectivity index (χ4n) is 3.19. The summed E-state index contributed by atoms with van der Waals surface area (Å²) in [7, 11) is 0. The summed E-state index contributed by atoms with van der Waals surface area (Å²) in [6.07, 6.45) is -0.477. The number of nitrogens with one attached hydrogen (secondary N) is 1. The van der Waals surface area contributed by atoms with Gasteiger partial charge in [-0.2, -0.15) is 13.2 Å². The van der Waals surface area contributed by atoms with Crippen LogP contribution in [0.2, 0.25) is 0 Å². The Labute approximate surface area is 146 Å². The summed E-state index contributed by atoms with van der Waals surface area (Å²) in [5, 5.41) is 3.21. The molecule has 0 spiro atoms. The van der Waals surface area contributed by atoms with E-state index in [1.807, 2.05) is 0 Å². The predicted molar refractivity (Wildman–Crippen MR) is 94.5 cm³/mol. The van der Waals surface area contributed by atoms with Gasteiger partial charge in [0.2, 0.25) is 0 Å². The average Bonchev–Trinajstić information content (AvgIpc) is 2.63. The lowest BCUT2D eigenvalue weighted by atomic mass is 10.1. The van der Waals surface area contributed by atoms with E-state index in [9.17, 15) is 13.2 Å². The standard InChI is InChI=1S/C20H23F3N2/c21-20(22,23)18-6-4-5-17(13-18)15-24-14-16-7-9-19(10-8-16)25-11-2-1-3-12-25/h4-10,13,24H,1-3,11-12,14-15H2. The molecule has 0 unspecified atom stereocenters. The number of hydrogen-bond acceptors (Lipinski definition) is 2. The van der Waals surface area contributed by atoms with E-state index in [0.29, 0.717) is 18.7 Å². The number of piperidine rings is 1. The third-order valence-electron chi connectivity index (χ3n) is 4.57. The second-order valence-corrected chi connectivity index (χ2v) is 6.52. The van der Waals surface area contributed by atoms with E-state index in [0.717, 1.165) is 24.7 Å². The SMILES string of the molecule is FC(F)(F)c1cccc(CNCc2ccc(N3CCCCC3)cc2)c1. The van der Waals surface area contributed by atoms with Gasteiger partial charge in [0.15, 0.2) is 0 Å². The van der Waals surface area contributed by atoms with Crippen LogP contribution in [0.3, 0.4) is 0 Å². The summed E-state index contributed by atoms with van der Waals surface area (Å²) >= 11 is 0. The van der Waals surface area contributed by atoms with Crippen LogP contribution in [0.1, 0.15) is 36.0 Å². The first-order valence-electron chi connectivity index (χ1n) is 8.73. The number of hydrogen-bond donors (Lipinski definition) is 1. The Bertz CT molecular complexity index is 674. The molecule has 0 bridgehead atoms. The molecule has 1 aliphatic heterocycles. The largest absolute Gasteiger partial charge is 0.416 e. The maximum atomic E-state index is 12.7. The number of nitrogens with zero attached hydrogens (tertiary/aromatic N) is 1. The van der Waals surface area contributed by atoms with Crippen LogP contribution in [0.25, 0.3) is 0 Å². The lowest BCUT2D eigenvalue weighted by Gasteiger charge is -2.28. The van der Waals surface area contributed by atoms with Crippen molar-refractivity contribution in [1.82, 2.24) is 5.32 Å². The van der Waals surface area contributed by atoms with Crippen molar-refractivity contribution in [3.8, 4) is 0 Å². The van der Waals surface area contributed by atoms with E-state index >= 15 is 0 Å². The summed E-state index contributed by atoms with van der Waals surface area (Å²) in [6.45, 7) is 3.29. The van der Waals surface area contributed by atoms with E-state index < -0.39 is 11.7 Å². The minimum absolute atomic E-state index is 0.414. The monoisotopic (exact) mass is 348 g/mol. The van der Waals surface area contributed by atoms with Crippen molar-refractivity contribution in [3.63, 3.8) is 0 Å². The van der Waals surface area contributed by atoms with Gasteiger partial charge in [-0.05, 0) is 48.6 Å². The Balaban J connectivity index is 1.52. The fraction of sp³-hybridized carbons (Fsp3) is 0.400. The van der Waals surface area contributed by atoms with Gasteiger partial charge in [-0.15, -0.1) is 0 Å². The Morgan fingerprint density at radius 3 is 2.20 bits per heavy atom. The van der Waals surface area contributed by atoms with E-state index in [4.69, 9.17) is 0 Å². The van der Waals surface area contributed by atoms with Crippen LogP contribution in [0.5, 0.6) is 0 Å². The molecule has 1 fully saturated rings. The van der Waals surface area contributed by atoms with Crippen molar-refractivity contribution in [3.05, 3.63) is 65.2 Å². The molecule has 1 N–H and O–H groups in total. The summed E-state index contributed by atoms with van der Waals surface area (Å²) in [5.41, 5.74) is 2.42. The molecule has 3 rings (SSSR count). The third kappa shape index (κ3) is 4.98. The van der Waals surface area contributed by atoms with Crippen molar-refractivity contribution in [1.29, 1.82) is 0 Å². The summed E-state index contributed by atoms with van der Waals surface area (Å²) < 4.78 is 38.2. The van der Waals surface area contributed by atoms with E-state index in [1.54, 1.807) is 6.07 Å². The number of anilines is 1. The molecule has 1 saturated heterocycles. The quantitative estimate of drug-likeness (QED) is 0.819. The van der Waals surface area contributed by atoms with E-state index in [-0.39, 0.29) is 0 Å². The maximum absolute atomic E-state index is 12.7. The van der Waals surface area contributed by atoms with Gasteiger partial charge in [-0.1, -0.05) is 30.3 Å². The Morgan fingerprint density at radius 2 is 1.52 bits per heavy atom. The van der Waals surface area contributed by atoms with Crippen molar-refractivity contribution >= 4 is 5.69 Å².